The first kappa shape index (κ1) is 13.6. The lowest BCUT2D eigenvalue weighted by molar-refractivity contribution is -0.125. The van der Waals surface area contributed by atoms with Gasteiger partial charge in [-0.05, 0) is 26.8 Å². The summed E-state index contributed by atoms with van der Waals surface area (Å²) in [4.78, 5) is 17.9. The second-order valence-electron chi connectivity index (χ2n) is 3.93. The van der Waals surface area contributed by atoms with Crippen LogP contribution in [0, 0.1) is 6.92 Å². The lowest BCUT2D eigenvalue weighted by Gasteiger charge is -2.18. The van der Waals surface area contributed by atoms with E-state index in [1.807, 2.05) is 26.2 Å². The maximum Gasteiger partial charge on any atom is 0.246 e. The van der Waals surface area contributed by atoms with Gasteiger partial charge >= 0.3 is 0 Å². The molecule has 1 heterocycles. The predicted octanol–water partition coefficient (Wildman–Crippen LogP) is 2.89. The fraction of sp³-hybridized carbons (Fsp3) is 0.385. The summed E-state index contributed by atoms with van der Waals surface area (Å²) in [6, 6.07) is 0. The van der Waals surface area contributed by atoms with Crippen molar-refractivity contribution in [3.63, 3.8) is 0 Å². The van der Waals surface area contributed by atoms with Gasteiger partial charge in [0.1, 0.15) is 0 Å². The Hall–Kier alpha value is -1.42. The van der Waals surface area contributed by atoms with Crippen molar-refractivity contribution in [1.29, 1.82) is 0 Å². The molecule has 0 N–H and O–H groups in total. The van der Waals surface area contributed by atoms with Crippen LogP contribution in [-0.2, 0) is 4.79 Å². The van der Waals surface area contributed by atoms with Gasteiger partial charge in [0.05, 0.1) is 10.7 Å². The number of rotatable bonds is 5. The van der Waals surface area contributed by atoms with Crippen molar-refractivity contribution in [3.8, 4) is 0 Å². The molecule has 0 saturated heterocycles. The molecule has 0 atom stereocenters. The van der Waals surface area contributed by atoms with E-state index in [1.165, 1.54) is 0 Å². The smallest absolute Gasteiger partial charge is 0.246 e. The maximum atomic E-state index is 11.9. The van der Waals surface area contributed by atoms with Gasteiger partial charge in [0, 0.05) is 24.5 Å². The fourth-order valence-corrected chi connectivity index (χ4v) is 1.97. The molecular weight excluding hydrogens is 232 g/mol. The number of aryl methyl sites for hydroxylation is 1. The number of aromatic nitrogens is 1. The van der Waals surface area contributed by atoms with Gasteiger partial charge in [-0.25, -0.2) is 4.98 Å². The van der Waals surface area contributed by atoms with E-state index >= 15 is 0 Å². The number of nitrogens with zero attached hydrogens (tertiary/aromatic N) is 2. The molecular formula is C13H18N2OS. The SMILES string of the molecule is C=C(C)CN(CC)C(=O)/C=C/c1csc(C)n1. The number of hydrogen-bond acceptors (Lipinski definition) is 3. The highest BCUT2D eigenvalue weighted by molar-refractivity contribution is 7.09. The Morgan fingerprint density at radius 3 is 2.82 bits per heavy atom. The molecule has 1 aromatic heterocycles. The van der Waals surface area contributed by atoms with Crippen LogP contribution in [0.4, 0.5) is 0 Å². The van der Waals surface area contributed by atoms with Gasteiger partial charge in [0.2, 0.25) is 5.91 Å². The number of carbonyl (C=O) groups is 1. The van der Waals surface area contributed by atoms with Gasteiger partial charge in [0.25, 0.3) is 0 Å². The second kappa shape index (κ2) is 6.35. The zero-order valence-electron chi connectivity index (χ0n) is 10.6. The van der Waals surface area contributed by atoms with E-state index < -0.39 is 0 Å². The Bertz CT molecular complexity index is 434. The molecule has 0 unspecified atom stereocenters. The number of likely N-dealkylation sites (N-methyl/N-ethyl adjacent to an activating group) is 1. The number of carbonyl (C=O) groups excluding carboxylic acids is 1. The average molecular weight is 250 g/mol. The van der Waals surface area contributed by atoms with E-state index in [9.17, 15) is 4.79 Å². The summed E-state index contributed by atoms with van der Waals surface area (Å²) in [5.41, 5.74) is 1.82. The van der Waals surface area contributed by atoms with E-state index in [0.717, 1.165) is 16.3 Å². The van der Waals surface area contributed by atoms with Crippen molar-refractivity contribution in [2.75, 3.05) is 13.1 Å². The van der Waals surface area contributed by atoms with Crippen LogP contribution < -0.4 is 0 Å². The zero-order chi connectivity index (χ0) is 12.8. The van der Waals surface area contributed by atoms with Crippen molar-refractivity contribution >= 4 is 23.3 Å². The molecule has 3 nitrogen and oxygen atoms in total. The molecule has 1 amide bonds. The third kappa shape index (κ3) is 4.53. The standard InChI is InChI=1S/C13H18N2OS/c1-5-15(8-10(2)3)13(16)7-6-12-9-17-11(4)14-12/h6-7,9H,2,5,8H2,1,3-4H3/b7-6+. The van der Waals surface area contributed by atoms with Crippen LogP contribution in [0.3, 0.4) is 0 Å². The third-order valence-corrected chi connectivity index (χ3v) is 2.98. The topological polar surface area (TPSA) is 33.2 Å². The van der Waals surface area contributed by atoms with E-state index in [1.54, 1.807) is 28.4 Å². The van der Waals surface area contributed by atoms with Gasteiger partial charge in [-0.1, -0.05) is 12.2 Å². The largest absolute Gasteiger partial charge is 0.335 e. The molecule has 0 radical (unpaired) electrons. The fourth-order valence-electron chi connectivity index (χ4n) is 1.39. The van der Waals surface area contributed by atoms with Crippen LogP contribution in [0.1, 0.15) is 24.5 Å². The highest BCUT2D eigenvalue weighted by atomic mass is 32.1. The van der Waals surface area contributed by atoms with Crippen molar-refractivity contribution in [2.24, 2.45) is 0 Å². The van der Waals surface area contributed by atoms with Crippen molar-refractivity contribution in [2.45, 2.75) is 20.8 Å². The number of thiazole rings is 1. The van der Waals surface area contributed by atoms with Gasteiger partial charge in [0.15, 0.2) is 0 Å². The quantitative estimate of drug-likeness (QED) is 0.594. The van der Waals surface area contributed by atoms with Crippen molar-refractivity contribution in [1.82, 2.24) is 9.88 Å². The molecule has 0 aliphatic heterocycles. The first-order valence-corrected chi connectivity index (χ1v) is 6.44. The van der Waals surface area contributed by atoms with Crippen molar-refractivity contribution < 1.29 is 4.79 Å². The monoisotopic (exact) mass is 250 g/mol. The van der Waals surface area contributed by atoms with Crippen LogP contribution >= 0.6 is 11.3 Å². The first-order valence-electron chi connectivity index (χ1n) is 5.56. The maximum absolute atomic E-state index is 11.9. The summed E-state index contributed by atoms with van der Waals surface area (Å²) >= 11 is 1.58. The van der Waals surface area contributed by atoms with E-state index in [2.05, 4.69) is 11.6 Å². The summed E-state index contributed by atoms with van der Waals surface area (Å²) in [5.74, 6) is 0.00107. The lowest BCUT2D eigenvalue weighted by Crippen LogP contribution is -2.30. The van der Waals surface area contributed by atoms with E-state index in [4.69, 9.17) is 0 Å². The molecule has 4 heteroatoms. The van der Waals surface area contributed by atoms with Crippen molar-refractivity contribution in [3.05, 3.63) is 34.3 Å². The van der Waals surface area contributed by atoms with Gasteiger partial charge in [-0.2, -0.15) is 0 Å². The van der Waals surface area contributed by atoms with E-state index in [-0.39, 0.29) is 5.91 Å². The highest BCUT2D eigenvalue weighted by Gasteiger charge is 2.07. The molecule has 0 aliphatic rings. The number of amides is 1. The van der Waals surface area contributed by atoms with Gasteiger partial charge in [-0.15, -0.1) is 11.3 Å². The molecule has 1 rings (SSSR count). The van der Waals surface area contributed by atoms with Gasteiger partial charge in [-0.3, -0.25) is 4.79 Å². The molecule has 0 spiro atoms. The molecule has 0 aromatic carbocycles. The molecule has 17 heavy (non-hydrogen) atoms. The van der Waals surface area contributed by atoms with Gasteiger partial charge < -0.3 is 4.90 Å². The highest BCUT2D eigenvalue weighted by Crippen LogP contribution is 2.09. The Balaban J connectivity index is 2.63. The Kier molecular flexibility index (Phi) is 5.10. The summed E-state index contributed by atoms with van der Waals surface area (Å²) in [7, 11) is 0. The minimum absolute atomic E-state index is 0.00107. The minimum Gasteiger partial charge on any atom is -0.335 e. The minimum atomic E-state index is 0.00107. The van der Waals surface area contributed by atoms with Crippen LogP contribution in [0.5, 0.6) is 0 Å². The van der Waals surface area contributed by atoms with Crippen LogP contribution in [-0.4, -0.2) is 28.9 Å². The Morgan fingerprint density at radius 1 is 1.65 bits per heavy atom. The molecule has 0 saturated carbocycles. The molecule has 1 aromatic rings. The zero-order valence-corrected chi connectivity index (χ0v) is 11.4. The summed E-state index contributed by atoms with van der Waals surface area (Å²) in [6.07, 6.45) is 3.33. The summed E-state index contributed by atoms with van der Waals surface area (Å²) in [6.45, 7) is 10.9. The normalized spacial score (nSPS) is 10.8. The number of hydrogen-bond donors (Lipinski definition) is 0. The predicted molar refractivity (Wildman–Crippen MR) is 73.0 cm³/mol. The van der Waals surface area contributed by atoms with Crippen LogP contribution in [0.15, 0.2) is 23.6 Å². The lowest BCUT2D eigenvalue weighted by atomic mass is 10.3. The van der Waals surface area contributed by atoms with Crippen LogP contribution in [0.2, 0.25) is 0 Å². The second-order valence-corrected chi connectivity index (χ2v) is 5.00. The Labute approximate surface area is 106 Å². The molecule has 0 bridgehead atoms. The average Bonchev–Trinajstić information content (AvgIpc) is 2.68. The summed E-state index contributed by atoms with van der Waals surface area (Å²) in [5, 5.41) is 2.94. The first-order chi connectivity index (χ1) is 8.02. The molecule has 0 fully saturated rings. The van der Waals surface area contributed by atoms with E-state index in [0.29, 0.717) is 13.1 Å². The third-order valence-electron chi connectivity index (χ3n) is 2.19. The summed E-state index contributed by atoms with van der Waals surface area (Å²) < 4.78 is 0. The Morgan fingerprint density at radius 2 is 2.35 bits per heavy atom. The molecule has 92 valence electrons. The van der Waals surface area contributed by atoms with Crippen LogP contribution in [0.25, 0.3) is 6.08 Å². The molecule has 0 aliphatic carbocycles.